The Hall–Kier alpha value is -1.26. The van der Waals surface area contributed by atoms with Crippen LogP contribution in [0.3, 0.4) is 0 Å². The van der Waals surface area contributed by atoms with E-state index in [2.05, 4.69) is 0 Å². The van der Waals surface area contributed by atoms with Crippen LogP contribution in [0.15, 0.2) is 18.2 Å². The van der Waals surface area contributed by atoms with Crippen LogP contribution in [-0.2, 0) is 9.59 Å². The van der Waals surface area contributed by atoms with Crippen LogP contribution in [0.5, 0.6) is 0 Å². The van der Waals surface area contributed by atoms with Crippen LogP contribution in [0.1, 0.15) is 37.7 Å². The maximum absolute atomic E-state index is 12.7. The third kappa shape index (κ3) is 3.33. The van der Waals surface area contributed by atoms with Gasteiger partial charge in [0.15, 0.2) is 0 Å². The second kappa shape index (κ2) is 5.99. The summed E-state index contributed by atoms with van der Waals surface area (Å²) in [7, 11) is 0. The van der Waals surface area contributed by atoms with Gasteiger partial charge in [0.2, 0.25) is 5.91 Å². The van der Waals surface area contributed by atoms with E-state index in [4.69, 9.17) is 23.2 Å². The average molecular weight is 356 g/mol. The molecule has 1 N–H and O–H groups in total. The third-order valence-electron chi connectivity index (χ3n) is 4.95. The van der Waals surface area contributed by atoms with Crippen LogP contribution in [-0.4, -0.2) is 35.0 Å². The summed E-state index contributed by atoms with van der Waals surface area (Å²) in [5.74, 6) is -0.723. The Morgan fingerprint density at radius 2 is 1.91 bits per heavy atom. The van der Waals surface area contributed by atoms with E-state index in [0.29, 0.717) is 29.6 Å². The minimum absolute atomic E-state index is 0.0540. The third-order valence-corrected chi connectivity index (χ3v) is 5.38. The first-order valence-corrected chi connectivity index (χ1v) is 8.54. The number of carboxylic acid groups (broad SMARTS) is 1. The molecule has 3 rings (SSSR count). The Kier molecular flexibility index (Phi) is 4.32. The van der Waals surface area contributed by atoms with E-state index >= 15 is 0 Å². The van der Waals surface area contributed by atoms with E-state index in [1.165, 1.54) is 0 Å². The zero-order valence-electron chi connectivity index (χ0n) is 12.9. The van der Waals surface area contributed by atoms with Crippen LogP contribution < -0.4 is 0 Å². The van der Waals surface area contributed by atoms with Gasteiger partial charge in [-0.2, -0.15) is 0 Å². The topological polar surface area (TPSA) is 57.6 Å². The van der Waals surface area contributed by atoms with Gasteiger partial charge in [0.25, 0.3) is 0 Å². The molecular formula is C17H19Cl2NO3. The molecule has 124 valence electrons. The number of nitrogens with zero attached hydrogens (tertiary/aromatic N) is 1. The number of hydrogen-bond acceptors (Lipinski definition) is 2. The lowest BCUT2D eigenvalue weighted by Gasteiger charge is -2.37. The van der Waals surface area contributed by atoms with E-state index in [9.17, 15) is 14.7 Å². The van der Waals surface area contributed by atoms with Crippen molar-refractivity contribution >= 4 is 35.1 Å². The normalized spacial score (nSPS) is 30.1. The first kappa shape index (κ1) is 16.6. The zero-order valence-corrected chi connectivity index (χ0v) is 14.4. The molecule has 0 bridgehead atoms. The van der Waals surface area contributed by atoms with Crippen molar-refractivity contribution in [3.05, 3.63) is 33.8 Å². The molecule has 0 radical (unpaired) electrons. The minimum atomic E-state index is -0.836. The largest absolute Gasteiger partial charge is 0.481 e. The maximum Gasteiger partial charge on any atom is 0.311 e. The summed E-state index contributed by atoms with van der Waals surface area (Å²) in [6.07, 6.45) is 2.12. The number of aliphatic carboxylic acids is 1. The molecule has 3 atom stereocenters. The number of carbonyl (C=O) groups is 2. The van der Waals surface area contributed by atoms with Crippen molar-refractivity contribution in [2.45, 2.75) is 32.1 Å². The molecule has 1 aromatic rings. The number of amides is 1. The highest BCUT2D eigenvalue weighted by Gasteiger charge is 2.48. The van der Waals surface area contributed by atoms with Crippen LogP contribution >= 0.6 is 23.2 Å². The lowest BCUT2D eigenvalue weighted by molar-refractivity contribution is -0.153. The summed E-state index contributed by atoms with van der Waals surface area (Å²) in [5, 5.41) is 10.5. The fourth-order valence-corrected chi connectivity index (χ4v) is 4.01. The SMILES string of the molecule is CC1(C(=O)O)CCCN(C(=O)C2CC2c2cc(Cl)cc(Cl)c2)C1. The monoisotopic (exact) mass is 355 g/mol. The first-order valence-electron chi connectivity index (χ1n) is 7.78. The Morgan fingerprint density at radius 1 is 1.26 bits per heavy atom. The number of carbonyl (C=O) groups excluding carboxylic acids is 1. The van der Waals surface area contributed by atoms with Crippen LogP contribution in [0.25, 0.3) is 0 Å². The average Bonchev–Trinajstić information content (AvgIpc) is 3.26. The molecule has 1 amide bonds. The fourth-order valence-electron chi connectivity index (χ4n) is 3.46. The molecule has 3 unspecified atom stereocenters. The van der Waals surface area contributed by atoms with Gasteiger partial charge < -0.3 is 10.0 Å². The lowest BCUT2D eigenvalue weighted by atomic mass is 9.82. The summed E-state index contributed by atoms with van der Waals surface area (Å²) < 4.78 is 0. The van der Waals surface area contributed by atoms with Crippen molar-refractivity contribution in [1.82, 2.24) is 4.90 Å². The predicted molar refractivity (Wildman–Crippen MR) is 88.9 cm³/mol. The molecule has 4 nitrogen and oxygen atoms in total. The van der Waals surface area contributed by atoms with Crippen LogP contribution in [0.2, 0.25) is 10.0 Å². The summed E-state index contributed by atoms with van der Waals surface area (Å²) >= 11 is 12.1. The molecular weight excluding hydrogens is 337 g/mol. The summed E-state index contributed by atoms with van der Waals surface area (Å²) in [6, 6.07) is 5.38. The lowest BCUT2D eigenvalue weighted by Crippen LogP contribution is -2.49. The van der Waals surface area contributed by atoms with Gasteiger partial charge in [-0.3, -0.25) is 9.59 Å². The number of likely N-dealkylation sites (tertiary alicyclic amines) is 1. The standard InChI is InChI=1S/C17H19Cl2NO3/c1-17(16(22)23)3-2-4-20(9-17)15(21)14-8-13(14)10-5-11(18)7-12(19)6-10/h5-7,13-14H,2-4,8-9H2,1H3,(H,22,23). The van der Waals surface area contributed by atoms with Gasteiger partial charge in [0.1, 0.15) is 0 Å². The molecule has 23 heavy (non-hydrogen) atoms. The van der Waals surface area contributed by atoms with Gasteiger partial charge in [0, 0.05) is 29.1 Å². The van der Waals surface area contributed by atoms with Gasteiger partial charge in [0.05, 0.1) is 5.41 Å². The fraction of sp³-hybridized carbons (Fsp3) is 0.529. The smallest absolute Gasteiger partial charge is 0.311 e. The molecule has 1 heterocycles. The highest BCUT2D eigenvalue weighted by molar-refractivity contribution is 6.34. The molecule has 0 aromatic heterocycles. The van der Waals surface area contributed by atoms with Crippen molar-refractivity contribution in [3.63, 3.8) is 0 Å². The summed E-state index contributed by atoms with van der Waals surface area (Å²) in [4.78, 5) is 25.8. The predicted octanol–water partition coefficient (Wildman–Crippen LogP) is 3.81. The minimum Gasteiger partial charge on any atom is -0.481 e. The Bertz CT molecular complexity index is 643. The van der Waals surface area contributed by atoms with Crippen LogP contribution in [0.4, 0.5) is 0 Å². The van der Waals surface area contributed by atoms with Crippen LogP contribution in [0, 0.1) is 11.3 Å². The Morgan fingerprint density at radius 3 is 2.52 bits per heavy atom. The zero-order chi connectivity index (χ0) is 16.8. The van der Waals surface area contributed by atoms with Gasteiger partial charge in [-0.25, -0.2) is 0 Å². The molecule has 1 aromatic carbocycles. The second-order valence-corrected chi connectivity index (χ2v) is 7.75. The molecule has 6 heteroatoms. The van der Waals surface area contributed by atoms with Gasteiger partial charge >= 0.3 is 5.97 Å². The summed E-state index contributed by atoms with van der Waals surface area (Å²) in [6.45, 7) is 2.65. The van der Waals surface area contributed by atoms with E-state index < -0.39 is 11.4 Å². The molecule has 1 aliphatic heterocycles. The second-order valence-electron chi connectivity index (χ2n) is 6.88. The quantitative estimate of drug-likeness (QED) is 0.896. The van der Waals surface area contributed by atoms with E-state index in [1.54, 1.807) is 17.9 Å². The van der Waals surface area contributed by atoms with Crippen molar-refractivity contribution in [1.29, 1.82) is 0 Å². The van der Waals surface area contributed by atoms with Crippen molar-refractivity contribution in [3.8, 4) is 0 Å². The maximum atomic E-state index is 12.7. The number of piperidine rings is 1. The van der Waals surface area contributed by atoms with E-state index in [1.807, 2.05) is 12.1 Å². The highest BCUT2D eigenvalue weighted by Crippen LogP contribution is 2.50. The van der Waals surface area contributed by atoms with Gasteiger partial charge in [-0.05, 0) is 55.9 Å². The van der Waals surface area contributed by atoms with Crippen molar-refractivity contribution in [2.24, 2.45) is 11.3 Å². The number of halogens is 2. The molecule has 2 fully saturated rings. The van der Waals surface area contributed by atoms with Crippen molar-refractivity contribution < 1.29 is 14.7 Å². The van der Waals surface area contributed by atoms with Crippen molar-refractivity contribution in [2.75, 3.05) is 13.1 Å². The Labute approximate surface area is 145 Å². The van der Waals surface area contributed by atoms with E-state index in [0.717, 1.165) is 18.4 Å². The highest BCUT2D eigenvalue weighted by atomic mass is 35.5. The van der Waals surface area contributed by atoms with Gasteiger partial charge in [-0.1, -0.05) is 23.2 Å². The summed E-state index contributed by atoms with van der Waals surface area (Å²) in [5.41, 5.74) is 0.149. The first-order chi connectivity index (χ1) is 10.8. The number of hydrogen-bond donors (Lipinski definition) is 1. The molecule has 1 saturated carbocycles. The van der Waals surface area contributed by atoms with E-state index in [-0.39, 0.29) is 17.7 Å². The molecule has 0 spiro atoms. The number of rotatable bonds is 3. The molecule has 1 aliphatic carbocycles. The Balaban J connectivity index is 1.69. The number of carboxylic acids is 1. The molecule has 1 saturated heterocycles. The van der Waals surface area contributed by atoms with Gasteiger partial charge in [-0.15, -0.1) is 0 Å². The number of benzene rings is 1. The molecule has 2 aliphatic rings.